The Balaban J connectivity index is 2.04. The lowest BCUT2D eigenvalue weighted by Gasteiger charge is -2.42. The molecule has 6 heteroatoms. The summed E-state index contributed by atoms with van der Waals surface area (Å²) < 4.78 is 4.66. The quantitative estimate of drug-likeness (QED) is 0.784. The van der Waals surface area contributed by atoms with Crippen LogP contribution in [0.3, 0.4) is 0 Å². The van der Waals surface area contributed by atoms with Gasteiger partial charge in [0.25, 0.3) is 0 Å². The number of carbonyl (C=O) groups is 1. The van der Waals surface area contributed by atoms with E-state index in [0.717, 1.165) is 23.9 Å². The van der Waals surface area contributed by atoms with Crippen LogP contribution in [0.25, 0.3) is 0 Å². The molecular weight excluding hydrogens is 262 g/mol. The number of nitrogens with zero attached hydrogens (tertiary/aromatic N) is 3. The molecule has 1 aromatic rings. The summed E-state index contributed by atoms with van der Waals surface area (Å²) in [5, 5.41) is 2.95. The molecule has 1 saturated heterocycles. The monoisotopic (exact) mass is 283 g/mol. The lowest BCUT2D eigenvalue weighted by molar-refractivity contribution is -0.139. The van der Waals surface area contributed by atoms with E-state index < -0.39 is 0 Å². The first kappa shape index (κ1) is 14.3. The second-order valence-electron chi connectivity index (χ2n) is 5.14. The third-order valence-electron chi connectivity index (χ3n) is 3.72. The summed E-state index contributed by atoms with van der Waals surface area (Å²) in [7, 11) is 3.57. The first-order chi connectivity index (χ1) is 9.01. The maximum atomic E-state index is 11.2. The van der Waals surface area contributed by atoms with Gasteiger partial charge in [0.15, 0.2) is 5.13 Å². The maximum absolute atomic E-state index is 11.2. The summed E-state index contributed by atoms with van der Waals surface area (Å²) in [6.45, 7) is 6.41. The van der Waals surface area contributed by atoms with Crippen molar-refractivity contribution in [2.24, 2.45) is 0 Å². The van der Waals surface area contributed by atoms with Crippen LogP contribution in [-0.4, -0.2) is 55.2 Å². The Morgan fingerprint density at radius 3 is 2.68 bits per heavy atom. The summed E-state index contributed by atoms with van der Waals surface area (Å²) in [5.41, 5.74) is 0.797. The Bertz CT molecular complexity index is 437. The maximum Gasteiger partial charge on any atom is 0.311 e. The van der Waals surface area contributed by atoms with Gasteiger partial charge in [0.05, 0.1) is 19.2 Å². The number of aromatic nitrogens is 1. The first-order valence-electron chi connectivity index (χ1n) is 6.49. The fourth-order valence-electron chi connectivity index (χ4n) is 2.30. The van der Waals surface area contributed by atoms with Crippen LogP contribution in [0.4, 0.5) is 5.13 Å². The van der Waals surface area contributed by atoms with Crippen LogP contribution in [-0.2, 0) is 16.0 Å². The highest BCUT2D eigenvalue weighted by molar-refractivity contribution is 7.13. The van der Waals surface area contributed by atoms with Gasteiger partial charge in [-0.15, -0.1) is 11.3 Å². The Morgan fingerprint density at radius 2 is 2.11 bits per heavy atom. The molecule has 0 spiro atoms. The van der Waals surface area contributed by atoms with Gasteiger partial charge >= 0.3 is 5.97 Å². The number of carbonyl (C=O) groups excluding carboxylic acids is 1. The van der Waals surface area contributed by atoms with Gasteiger partial charge in [-0.2, -0.15) is 0 Å². The van der Waals surface area contributed by atoms with E-state index in [4.69, 9.17) is 0 Å². The highest BCUT2D eigenvalue weighted by Crippen LogP contribution is 2.25. The van der Waals surface area contributed by atoms with Crippen molar-refractivity contribution in [2.75, 3.05) is 32.1 Å². The van der Waals surface area contributed by atoms with Gasteiger partial charge in [0.1, 0.15) is 0 Å². The molecule has 2 atom stereocenters. The molecule has 1 aliphatic heterocycles. The minimum Gasteiger partial charge on any atom is -0.469 e. The van der Waals surface area contributed by atoms with E-state index in [-0.39, 0.29) is 12.4 Å². The number of rotatable bonds is 3. The van der Waals surface area contributed by atoms with Crippen LogP contribution in [0.5, 0.6) is 0 Å². The predicted molar refractivity (Wildman–Crippen MR) is 76.7 cm³/mol. The second-order valence-corrected chi connectivity index (χ2v) is 5.98. The van der Waals surface area contributed by atoms with Gasteiger partial charge in [-0.1, -0.05) is 0 Å². The summed E-state index contributed by atoms with van der Waals surface area (Å²) >= 11 is 1.60. The minimum atomic E-state index is -0.239. The van der Waals surface area contributed by atoms with Crippen LogP contribution >= 0.6 is 11.3 Å². The second kappa shape index (κ2) is 5.88. The van der Waals surface area contributed by atoms with Gasteiger partial charge in [0.2, 0.25) is 0 Å². The predicted octanol–water partition coefficient (Wildman–Crippen LogP) is 1.39. The number of hydrogen-bond donors (Lipinski definition) is 0. The third-order valence-corrected chi connectivity index (χ3v) is 4.67. The Kier molecular flexibility index (Phi) is 4.42. The number of likely N-dealkylation sites (N-methyl/N-ethyl adjacent to an activating group) is 1. The molecule has 0 aliphatic carbocycles. The molecule has 0 N–H and O–H groups in total. The zero-order valence-electron chi connectivity index (χ0n) is 11.9. The minimum absolute atomic E-state index is 0.239. The van der Waals surface area contributed by atoms with Crippen molar-refractivity contribution in [1.29, 1.82) is 0 Å². The number of methoxy groups -OCH3 is 1. The van der Waals surface area contributed by atoms with Gasteiger partial charge in [-0.05, 0) is 20.9 Å². The molecule has 19 heavy (non-hydrogen) atoms. The van der Waals surface area contributed by atoms with Crippen molar-refractivity contribution >= 4 is 22.4 Å². The van der Waals surface area contributed by atoms with Crippen molar-refractivity contribution in [2.45, 2.75) is 32.4 Å². The van der Waals surface area contributed by atoms with E-state index in [9.17, 15) is 4.79 Å². The Morgan fingerprint density at radius 1 is 1.47 bits per heavy atom. The average molecular weight is 283 g/mol. The molecule has 0 amide bonds. The molecule has 106 valence electrons. The molecule has 2 unspecified atom stereocenters. The van der Waals surface area contributed by atoms with Crippen LogP contribution in [0.2, 0.25) is 0 Å². The highest BCUT2D eigenvalue weighted by atomic mass is 32.1. The van der Waals surface area contributed by atoms with Gasteiger partial charge < -0.3 is 9.64 Å². The molecular formula is C13H21N3O2S. The number of thiazole rings is 1. The first-order valence-corrected chi connectivity index (χ1v) is 7.37. The molecule has 1 fully saturated rings. The lowest BCUT2D eigenvalue weighted by atomic mass is 10.1. The number of esters is 1. The third kappa shape index (κ3) is 3.25. The summed E-state index contributed by atoms with van der Waals surface area (Å²) in [6.07, 6.45) is 0.256. The van der Waals surface area contributed by atoms with Gasteiger partial charge in [-0.3, -0.25) is 9.69 Å². The summed E-state index contributed by atoms with van der Waals surface area (Å²) in [6, 6.07) is 1.02. The molecule has 1 aromatic heterocycles. The van der Waals surface area contributed by atoms with E-state index in [1.165, 1.54) is 7.11 Å². The number of ether oxygens (including phenoxy) is 1. The standard InChI is InChI=1S/C13H21N3O2S/c1-9-6-16(7-10(2)15(9)3)13-14-11(8-19-13)5-12(17)18-4/h8-10H,5-7H2,1-4H3. The number of hydrogen-bond acceptors (Lipinski definition) is 6. The lowest BCUT2D eigenvalue weighted by Crippen LogP contribution is -2.55. The molecule has 2 heterocycles. The Labute approximate surface area is 118 Å². The van der Waals surface area contributed by atoms with Gasteiger partial charge in [0, 0.05) is 30.6 Å². The van der Waals surface area contributed by atoms with Crippen molar-refractivity contribution in [3.05, 3.63) is 11.1 Å². The summed E-state index contributed by atoms with van der Waals surface area (Å²) in [4.78, 5) is 20.5. The Hall–Kier alpha value is -1.14. The smallest absolute Gasteiger partial charge is 0.311 e. The largest absolute Gasteiger partial charge is 0.469 e. The van der Waals surface area contributed by atoms with Crippen molar-refractivity contribution in [3.8, 4) is 0 Å². The molecule has 5 nitrogen and oxygen atoms in total. The normalized spacial score (nSPS) is 24.5. The van der Waals surface area contributed by atoms with Gasteiger partial charge in [-0.25, -0.2) is 4.98 Å². The number of piperazine rings is 1. The van der Waals surface area contributed by atoms with E-state index in [2.05, 4.69) is 40.4 Å². The van der Waals surface area contributed by atoms with Crippen LogP contribution in [0.1, 0.15) is 19.5 Å². The van der Waals surface area contributed by atoms with E-state index in [1.807, 2.05) is 5.38 Å². The van der Waals surface area contributed by atoms with Crippen LogP contribution in [0, 0.1) is 0 Å². The van der Waals surface area contributed by atoms with Crippen LogP contribution in [0.15, 0.2) is 5.38 Å². The van der Waals surface area contributed by atoms with Crippen molar-refractivity contribution in [1.82, 2.24) is 9.88 Å². The molecule has 2 rings (SSSR count). The summed E-state index contributed by atoms with van der Waals surface area (Å²) in [5.74, 6) is -0.239. The average Bonchev–Trinajstić information content (AvgIpc) is 2.83. The fraction of sp³-hybridized carbons (Fsp3) is 0.692. The SMILES string of the molecule is COC(=O)Cc1csc(N2CC(C)N(C)C(C)C2)n1. The zero-order valence-corrected chi connectivity index (χ0v) is 12.7. The zero-order chi connectivity index (χ0) is 14.0. The topological polar surface area (TPSA) is 45.7 Å². The highest BCUT2D eigenvalue weighted by Gasteiger charge is 2.28. The van der Waals surface area contributed by atoms with E-state index >= 15 is 0 Å². The molecule has 1 aliphatic rings. The molecule has 0 bridgehead atoms. The van der Waals surface area contributed by atoms with Crippen LogP contribution < -0.4 is 4.90 Å². The van der Waals surface area contributed by atoms with Crippen molar-refractivity contribution < 1.29 is 9.53 Å². The fourth-order valence-corrected chi connectivity index (χ4v) is 3.15. The van der Waals surface area contributed by atoms with E-state index in [0.29, 0.717) is 12.1 Å². The van der Waals surface area contributed by atoms with E-state index in [1.54, 1.807) is 11.3 Å². The molecule has 0 aromatic carbocycles. The van der Waals surface area contributed by atoms with Crippen molar-refractivity contribution in [3.63, 3.8) is 0 Å². The number of anilines is 1. The molecule has 0 saturated carbocycles. The molecule has 0 radical (unpaired) electrons.